The third-order valence-corrected chi connectivity index (χ3v) is 2.99. The number of hydrogen-bond donors (Lipinski definition) is 0. The summed E-state index contributed by atoms with van der Waals surface area (Å²) in [7, 11) is 0. The fraction of sp³-hybridized carbons (Fsp3) is 0.600. The number of nitrogens with zero attached hydrogens (tertiary/aromatic N) is 1. The van der Waals surface area contributed by atoms with Crippen molar-refractivity contribution in [3.63, 3.8) is 0 Å². The molecule has 1 aliphatic rings. The van der Waals surface area contributed by atoms with Crippen molar-refractivity contribution in [3.05, 3.63) is 30.3 Å². The molecule has 2 rings (SSSR count). The zero-order valence-corrected chi connectivity index (χ0v) is 11.8. The quantitative estimate of drug-likeness (QED) is 0.781. The highest BCUT2D eigenvalue weighted by molar-refractivity contribution is 5.45. The van der Waals surface area contributed by atoms with Crippen molar-refractivity contribution in [3.8, 4) is 0 Å². The Morgan fingerprint density at radius 3 is 1.85 bits per heavy atom. The second-order valence-electron chi connectivity index (χ2n) is 4.47. The first-order valence-corrected chi connectivity index (χ1v) is 7.08. The molecule has 0 unspecified atom stereocenters. The second-order valence-corrected chi connectivity index (χ2v) is 4.47. The monoisotopic (exact) mass is 281 g/mol. The van der Waals surface area contributed by atoms with Crippen LogP contribution in [0, 0.1) is 0 Å². The first kappa shape index (κ1) is 15.3. The molecule has 0 aromatic heterocycles. The van der Waals surface area contributed by atoms with E-state index < -0.39 is 0 Å². The van der Waals surface area contributed by atoms with Crippen molar-refractivity contribution in [2.75, 3.05) is 64.4 Å². The Morgan fingerprint density at radius 1 is 0.650 bits per heavy atom. The summed E-state index contributed by atoms with van der Waals surface area (Å²) < 4.78 is 22.0. The zero-order chi connectivity index (χ0) is 13.9. The lowest BCUT2D eigenvalue weighted by Crippen LogP contribution is -2.31. The lowest BCUT2D eigenvalue weighted by Gasteiger charge is -2.24. The molecule has 1 saturated heterocycles. The normalized spacial score (nSPS) is 20.3. The van der Waals surface area contributed by atoms with Gasteiger partial charge in [-0.1, -0.05) is 18.2 Å². The molecule has 0 saturated carbocycles. The standard InChI is InChI=1S/C15H23NO4/c1-2-4-15(5-3-1)16-6-7-17-8-9-18-10-11-19-12-13-20-14-16/h1-5H,6-14H2. The van der Waals surface area contributed by atoms with Gasteiger partial charge in [-0.15, -0.1) is 0 Å². The van der Waals surface area contributed by atoms with E-state index in [1.165, 1.54) is 0 Å². The van der Waals surface area contributed by atoms with Gasteiger partial charge in [-0.25, -0.2) is 0 Å². The second kappa shape index (κ2) is 9.72. The van der Waals surface area contributed by atoms with E-state index in [4.69, 9.17) is 18.9 Å². The van der Waals surface area contributed by atoms with Gasteiger partial charge in [0.2, 0.25) is 0 Å². The van der Waals surface area contributed by atoms with Gasteiger partial charge in [0.05, 0.1) is 46.2 Å². The molecule has 0 amide bonds. The van der Waals surface area contributed by atoms with Crippen molar-refractivity contribution in [1.29, 1.82) is 0 Å². The molecule has 0 atom stereocenters. The van der Waals surface area contributed by atoms with Crippen molar-refractivity contribution in [2.45, 2.75) is 0 Å². The van der Waals surface area contributed by atoms with Crippen LogP contribution in [0.4, 0.5) is 5.69 Å². The van der Waals surface area contributed by atoms with Gasteiger partial charge in [-0.2, -0.15) is 0 Å². The summed E-state index contributed by atoms with van der Waals surface area (Å²) in [5.74, 6) is 0. The van der Waals surface area contributed by atoms with Gasteiger partial charge in [-0.3, -0.25) is 0 Å². The Hall–Kier alpha value is -1.14. The molecule has 1 aliphatic heterocycles. The van der Waals surface area contributed by atoms with Crippen LogP contribution in [0.1, 0.15) is 0 Å². The van der Waals surface area contributed by atoms with Crippen LogP contribution >= 0.6 is 0 Å². The van der Waals surface area contributed by atoms with Gasteiger partial charge in [-0.05, 0) is 12.1 Å². The minimum Gasteiger partial charge on any atom is -0.377 e. The Kier molecular flexibility index (Phi) is 7.41. The third-order valence-electron chi connectivity index (χ3n) is 2.99. The Morgan fingerprint density at radius 2 is 1.20 bits per heavy atom. The van der Waals surface area contributed by atoms with Crippen molar-refractivity contribution in [1.82, 2.24) is 0 Å². The summed E-state index contributed by atoms with van der Waals surface area (Å²) in [6, 6.07) is 10.2. The molecule has 20 heavy (non-hydrogen) atoms. The minimum atomic E-state index is 0.549. The van der Waals surface area contributed by atoms with Gasteiger partial charge < -0.3 is 23.8 Å². The van der Waals surface area contributed by atoms with Crippen LogP contribution < -0.4 is 4.90 Å². The van der Waals surface area contributed by atoms with Crippen molar-refractivity contribution < 1.29 is 18.9 Å². The number of para-hydroxylation sites is 1. The molecule has 112 valence electrons. The van der Waals surface area contributed by atoms with E-state index in [-0.39, 0.29) is 0 Å². The molecule has 0 spiro atoms. The van der Waals surface area contributed by atoms with Crippen molar-refractivity contribution in [2.24, 2.45) is 0 Å². The van der Waals surface area contributed by atoms with E-state index >= 15 is 0 Å². The molecule has 0 radical (unpaired) electrons. The number of anilines is 1. The highest BCUT2D eigenvalue weighted by atomic mass is 16.6. The van der Waals surface area contributed by atoms with Crippen LogP contribution in [-0.4, -0.2) is 59.5 Å². The van der Waals surface area contributed by atoms with E-state index in [0.29, 0.717) is 53.0 Å². The SMILES string of the molecule is c1ccc(N2CCOCCOCCOCCOC2)cc1. The number of ether oxygens (including phenoxy) is 4. The maximum Gasteiger partial charge on any atom is 0.119 e. The van der Waals surface area contributed by atoms with E-state index in [9.17, 15) is 0 Å². The summed E-state index contributed by atoms with van der Waals surface area (Å²) in [6.07, 6.45) is 0. The van der Waals surface area contributed by atoms with Crippen LogP contribution in [0.2, 0.25) is 0 Å². The highest BCUT2D eigenvalue weighted by Gasteiger charge is 2.06. The average Bonchev–Trinajstić information content (AvgIpc) is 2.50. The molecule has 5 nitrogen and oxygen atoms in total. The lowest BCUT2D eigenvalue weighted by atomic mass is 10.3. The molecule has 5 heteroatoms. The summed E-state index contributed by atoms with van der Waals surface area (Å²) in [4.78, 5) is 2.16. The van der Waals surface area contributed by atoms with Gasteiger partial charge in [0, 0.05) is 12.2 Å². The van der Waals surface area contributed by atoms with E-state index in [1.807, 2.05) is 18.2 Å². The van der Waals surface area contributed by atoms with Crippen LogP contribution in [0.5, 0.6) is 0 Å². The fourth-order valence-corrected chi connectivity index (χ4v) is 1.92. The smallest absolute Gasteiger partial charge is 0.119 e. The largest absolute Gasteiger partial charge is 0.377 e. The molecular weight excluding hydrogens is 258 g/mol. The number of benzene rings is 1. The summed E-state index contributed by atoms with van der Waals surface area (Å²) in [5.41, 5.74) is 1.14. The van der Waals surface area contributed by atoms with Gasteiger partial charge in [0.25, 0.3) is 0 Å². The maximum absolute atomic E-state index is 5.65. The summed E-state index contributed by atoms with van der Waals surface area (Å²) in [6.45, 7) is 5.64. The van der Waals surface area contributed by atoms with Crippen LogP contribution in [-0.2, 0) is 18.9 Å². The zero-order valence-electron chi connectivity index (χ0n) is 11.8. The van der Waals surface area contributed by atoms with E-state index in [0.717, 1.165) is 12.2 Å². The predicted molar refractivity (Wildman–Crippen MR) is 77.1 cm³/mol. The molecule has 0 bridgehead atoms. The first-order chi connectivity index (χ1) is 9.97. The Bertz CT molecular complexity index is 333. The Labute approximate surface area is 120 Å². The van der Waals surface area contributed by atoms with Crippen LogP contribution in [0.25, 0.3) is 0 Å². The van der Waals surface area contributed by atoms with Gasteiger partial charge >= 0.3 is 0 Å². The fourth-order valence-electron chi connectivity index (χ4n) is 1.92. The molecule has 1 aromatic carbocycles. The predicted octanol–water partition coefficient (Wildman–Crippen LogP) is 1.53. The number of hydrogen-bond acceptors (Lipinski definition) is 5. The van der Waals surface area contributed by atoms with Gasteiger partial charge in [0.1, 0.15) is 6.73 Å². The molecule has 1 heterocycles. The molecule has 0 aliphatic carbocycles. The highest BCUT2D eigenvalue weighted by Crippen LogP contribution is 2.12. The summed E-state index contributed by atoms with van der Waals surface area (Å²) >= 11 is 0. The van der Waals surface area contributed by atoms with E-state index in [2.05, 4.69) is 17.0 Å². The Balaban J connectivity index is 1.84. The lowest BCUT2D eigenvalue weighted by molar-refractivity contribution is -0.00690. The van der Waals surface area contributed by atoms with Gasteiger partial charge in [0.15, 0.2) is 0 Å². The molecule has 1 fully saturated rings. The third kappa shape index (κ3) is 5.88. The maximum atomic E-state index is 5.65. The van der Waals surface area contributed by atoms with E-state index in [1.54, 1.807) is 0 Å². The van der Waals surface area contributed by atoms with Crippen molar-refractivity contribution >= 4 is 5.69 Å². The summed E-state index contributed by atoms with van der Waals surface area (Å²) in [5, 5.41) is 0. The molecular formula is C15H23NO4. The molecule has 1 aromatic rings. The number of rotatable bonds is 1. The average molecular weight is 281 g/mol. The first-order valence-electron chi connectivity index (χ1n) is 7.08. The molecule has 0 N–H and O–H groups in total. The van der Waals surface area contributed by atoms with Crippen LogP contribution in [0.3, 0.4) is 0 Å². The topological polar surface area (TPSA) is 40.2 Å². The minimum absolute atomic E-state index is 0.549. The van der Waals surface area contributed by atoms with Crippen LogP contribution in [0.15, 0.2) is 30.3 Å².